The largest absolute Gasteiger partial charge is 0.376 e. The molecule has 0 saturated heterocycles. The number of hydrogen-bond acceptors (Lipinski definition) is 3. The van der Waals surface area contributed by atoms with E-state index < -0.39 is 0 Å². The van der Waals surface area contributed by atoms with Crippen LogP contribution in [0.4, 0.5) is 10.1 Å². The van der Waals surface area contributed by atoms with Gasteiger partial charge in [-0.3, -0.25) is 4.79 Å². The molecule has 0 radical (unpaired) electrons. The van der Waals surface area contributed by atoms with Crippen molar-refractivity contribution in [3.63, 3.8) is 0 Å². The number of nitrogens with zero attached hydrogens (tertiary/aromatic N) is 1. The van der Waals surface area contributed by atoms with Gasteiger partial charge >= 0.3 is 0 Å². The van der Waals surface area contributed by atoms with Crippen LogP contribution >= 0.6 is 0 Å². The number of anilines is 1. The summed E-state index contributed by atoms with van der Waals surface area (Å²) in [6, 6.07) is 6.67. The van der Waals surface area contributed by atoms with E-state index in [-0.39, 0.29) is 18.3 Å². The molecule has 5 heteroatoms. The highest BCUT2D eigenvalue weighted by Gasteiger charge is 2.21. The Morgan fingerprint density at radius 3 is 3.00 bits per heavy atom. The third-order valence-electron chi connectivity index (χ3n) is 3.64. The van der Waals surface area contributed by atoms with Crippen LogP contribution in [0.2, 0.25) is 0 Å². The summed E-state index contributed by atoms with van der Waals surface area (Å²) in [5.74, 6) is 0.269. The number of nitrogens with one attached hydrogen (secondary N) is 2. The number of aromatic nitrogens is 1. The van der Waals surface area contributed by atoms with E-state index in [1.807, 2.05) is 13.0 Å². The molecule has 110 valence electrons. The third-order valence-corrected chi connectivity index (χ3v) is 3.64. The molecule has 1 aromatic heterocycles. The van der Waals surface area contributed by atoms with Crippen molar-refractivity contribution < 1.29 is 9.18 Å². The molecule has 0 aliphatic heterocycles. The Bertz CT molecular complexity index is 683. The Kier molecular flexibility index (Phi) is 3.73. The van der Waals surface area contributed by atoms with Crippen LogP contribution in [-0.4, -0.2) is 24.0 Å². The molecule has 0 unspecified atom stereocenters. The van der Waals surface area contributed by atoms with Crippen molar-refractivity contribution in [2.45, 2.75) is 19.8 Å². The first kappa shape index (κ1) is 13.8. The van der Waals surface area contributed by atoms with Gasteiger partial charge < -0.3 is 10.6 Å². The van der Waals surface area contributed by atoms with Crippen LogP contribution in [-0.2, 0) is 4.79 Å². The second kappa shape index (κ2) is 5.68. The van der Waals surface area contributed by atoms with Crippen molar-refractivity contribution in [2.24, 2.45) is 5.92 Å². The van der Waals surface area contributed by atoms with E-state index in [4.69, 9.17) is 0 Å². The number of carbonyl (C=O) groups is 1. The topological polar surface area (TPSA) is 54.0 Å². The fraction of sp³-hybridized carbons (Fsp3) is 0.375. The van der Waals surface area contributed by atoms with E-state index in [0.29, 0.717) is 22.5 Å². The van der Waals surface area contributed by atoms with Crippen molar-refractivity contribution >= 4 is 22.5 Å². The lowest BCUT2D eigenvalue weighted by molar-refractivity contribution is -0.119. The number of rotatable bonds is 5. The molecular formula is C16H18FN3O. The molecule has 0 atom stereocenters. The molecule has 21 heavy (non-hydrogen) atoms. The van der Waals surface area contributed by atoms with Crippen molar-refractivity contribution in [3.05, 3.63) is 35.8 Å². The Labute approximate surface area is 122 Å². The summed E-state index contributed by atoms with van der Waals surface area (Å²) >= 11 is 0. The number of halogens is 1. The fourth-order valence-corrected chi connectivity index (χ4v) is 2.31. The molecule has 0 spiro atoms. The highest BCUT2D eigenvalue weighted by molar-refractivity contribution is 5.93. The average Bonchev–Trinajstić information content (AvgIpc) is 3.28. The van der Waals surface area contributed by atoms with Gasteiger partial charge in [0.2, 0.25) is 5.91 Å². The van der Waals surface area contributed by atoms with Crippen LogP contribution in [0.15, 0.2) is 24.3 Å². The number of carbonyl (C=O) groups excluding carboxylic acids is 1. The van der Waals surface area contributed by atoms with Gasteiger partial charge in [0.15, 0.2) is 0 Å². The minimum absolute atomic E-state index is 0.0408. The monoisotopic (exact) mass is 287 g/mol. The van der Waals surface area contributed by atoms with E-state index in [1.165, 1.54) is 18.9 Å². The van der Waals surface area contributed by atoms with Crippen LogP contribution in [0.25, 0.3) is 10.9 Å². The second-order valence-electron chi connectivity index (χ2n) is 5.55. The number of aryl methyl sites for hydroxylation is 1. The van der Waals surface area contributed by atoms with Crippen LogP contribution in [0.5, 0.6) is 0 Å². The summed E-state index contributed by atoms with van der Waals surface area (Å²) in [7, 11) is 0. The maximum absolute atomic E-state index is 13.8. The number of fused-ring (bicyclic) bond motifs is 1. The molecule has 2 N–H and O–H groups in total. The molecule has 4 nitrogen and oxygen atoms in total. The molecule has 1 aromatic carbocycles. The molecule has 1 fully saturated rings. The molecule has 1 saturated carbocycles. The molecule has 1 heterocycles. The zero-order chi connectivity index (χ0) is 14.8. The van der Waals surface area contributed by atoms with Gasteiger partial charge in [-0.25, -0.2) is 9.37 Å². The lowest BCUT2D eigenvalue weighted by Crippen LogP contribution is -2.31. The summed E-state index contributed by atoms with van der Waals surface area (Å²) in [6.07, 6.45) is 2.42. The molecular weight excluding hydrogens is 269 g/mol. The third kappa shape index (κ3) is 3.29. The summed E-state index contributed by atoms with van der Waals surface area (Å²) in [6.45, 7) is 2.75. The molecule has 0 bridgehead atoms. The first-order valence-electron chi connectivity index (χ1n) is 7.20. The Morgan fingerprint density at radius 2 is 2.24 bits per heavy atom. The van der Waals surface area contributed by atoms with Gasteiger partial charge in [0, 0.05) is 23.3 Å². The zero-order valence-electron chi connectivity index (χ0n) is 11.9. The second-order valence-corrected chi connectivity index (χ2v) is 5.55. The Hall–Kier alpha value is -2.17. The number of pyridine rings is 1. The molecule has 1 aliphatic carbocycles. The predicted octanol–water partition coefficient (Wildman–Crippen LogP) is 2.62. The van der Waals surface area contributed by atoms with Crippen LogP contribution in [0.3, 0.4) is 0 Å². The SMILES string of the molecule is Cc1cc(NCC(=O)NCC2CC2)c2cccc(F)c2n1. The summed E-state index contributed by atoms with van der Waals surface area (Å²) in [5.41, 5.74) is 1.78. The number of para-hydroxylation sites is 1. The fourth-order valence-electron chi connectivity index (χ4n) is 2.31. The normalized spacial score (nSPS) is 14.2. The van der Waals surface area contributed by atoms with Crippen LogP contribution in [0.1, 0.15) is 18.5 Å². The number of benzene rings is 1. The first-order chi connectivity index (χ1) is 10.1. The van der Waals surface area contributed by atoms with E-state index in [1.54, 1.807) is 12.1 Å². The lowest BCUT2D eigenvalue weighted by Gasteiger charge is -2.11. The molecule has 2 aromatic rings. The summed E-state index contributed by atoms with van der Waals surface area (Å²) in [4.78, 5) is 16.0. The van der Waals surface area contributed by atoms with Crippen molar-refractivity contribution in [2.75, 3.05) is 18.4 Å². The molecule has 1 amide bonds. The Morgan fingerprint density at radius 1 is 1.43 bits per heavy atom. The summed E-state index contributed by atoms with van der Waals surface area (Å²) in [5, 5.41) is 6.67. The first-order valence-corrected chi connectivity index (χ1v) is 7.20. The van der Waals surface area contributed by atoms with Crippen molar-refractivity contribution in [1.29, 1.82) is 0 Å². The van der Waals surface area contributed by atoms with E-state index in [2.05, 4.69) is 15.6 Å². The van der Waals surface area contributed by atoms with Crippen molar-refractivity contribution in [3.8, 4) is 0 Å². The predicted molar refractivity (Wildman–Crippen MR) is 80.7 cm³/mol. The maximum atomic E-state index is 13.8. The van der Waals surface area contributed by atoms with Crippen LogP contribution < -0.4 is 10.6 Å². The number of hydrogen-bond donors (Lipinski definition) is 2. The highest BCUT2D eigenvalue weighted by atomic mass is 19.1. The molecule has 1 aliphatic rings. The van der Waals surface area contributed by atoms with Gasteiger partial charge in [-0.05, 0) is 37.8 Å². The lowest BCUT2D eigenvalue weighted by atomic mass is 10.1. The smallest absolute Gasteiger partial charge is 0.239 e. The van der Waals surface area contributed by atoms with Gasteiger partial charge in [-0.1, -0.05) is 12.1 Å². The minimum Gasteiger partial charge on any atom is -0.376 e. The quantitative estimate of drug-likeness (QED) is 0.889. The Balaban J connectivity index is 1.73. The van der Waals surface area contributed by atoms with E-state index in [0.717, 1.165) is 12.2 Å². The van der Waals surface area contributed by atoms with E-state index in [9.17, 15) is 9.18 Å². The van der Waals surface area contributed by atoms with Gasteiger partial charge in [-0.15, -0.1) is 0 Å². The van der Waals surface area contributed by atoms with Gasteiger partial charge in [0.1, 0.15) is 11.3 Å². The summed E-state index contributed by atoms with van der Waals surface area (Å²) < 4.78 is 13.8. The van der Waals surface area contributed by atoms with Crippen molar-refractivity contribution in [1.82, 2.24) is 10.3 Å². The van der Waals surface area contributed by atoms with Gasteiger partial charge in [0.05, 0.1) is 6.54 Å². The zero-order valence-corrected chi connectivity index (χ0v) is 11.9. The van der Waals surface area contributed by atoms with Gasteiger partial charge in [-0.2, -0.15) is 0 Å². The average molecular weight is 287 g/mol. The minimum atomic E-state index is -0.350. The number of amides is 1. The van der Waals surface area contributed by atoms with E-state index >= 15 is 0 Å². The highest BCUT2D eigenvalue weighted by Crippen LogP contribution is 2.27. The standard InChI is InChI=1S/C16H18FN3O/c1-10-7-14(12-3-2-4-13(17)16(12)20-10)18-9-15(21)19-8-11-5-6-11/h2-4,7,11H,5-6,8-9H2,1H3,(H,18,20)(H,19,21). The van der Waals surface area contributed by atoms with Gasteiger partial charge in [0.25, 0.3) is 0 Å². The molecule has 3 rings (SSSR count). The van der Waals surface area contributed by atoms with Crippen LogP contribution in [0, 0.1) is 18.7 Å². The maximum Gasteiger partial charge on any atom is 0.239 e.